The molecular formula is C8H3Cl3N2O2S. The van der Waals surface area contributed by atoms with E-state index in [9.17, 15) is 8.42 Å². The molecule has 2 aromatic heterocycles. The van der Waals surface area contributed by atoms with Crippen molar-refractivity contribution in [3.63, 3.8) is 0 Å². The van der Waals surface area contributed by atoms with Crippen LogP contribution in [0.4, 0.5) is 0 Å². The van der Waals surface area contributed by atoms with E-state index in [1.165, 1.54) is 12.3 Å². The quantitative estimate of drug-likeness (QED) is 0.600. The highest BCUT2D eigenvalue weighted by Gasteiger charge is 2.17. The van der Waals surface area contributed by atoms with E-state index in [-0.39, 0.29) is 15.2 Å². The lowest BCUT2D eigenvalue weighted by atomic mass is 10.2. The molecule has 0 aromatic carbocycles. The van der Waals surface area contributed by atoms with Crippen LogP contribution in [0, 0.1) is 0 Å². The number of fused-ring (bicyclic) bond motifs is 1. The summed E-state index contributed by atoms with van der Waals surface area (Å²) in [5.74, 6) is 0. The minimum atomic E-state index is -3.90. The first-order chi connectivity index (χ1) is 7.39. The van der Waals surface area contributed by atoms with Crippen LogP contribution in [-0.2, 0) is 9.05 Å². The normalized spacial score (nSPS) is 11.9. The summed E-state index contributed by atoms with van der Waals surface area (Å²) in [7, 11) is 1.37. The van der Waals surface area contributed by atoms with Gasteiger partial charge in [0.05, 0.1) is 0 Å². The van der Waals surface area contributed by atoms with E-state index in [1.807, 2.05) is 0 Å². The first kappa shape index (κ1) is 11.9. The van der Waals surface area contributed by atoms with Gasteiger partial charge in [-0.15, -0.1) is 0 Å². The highest BCUT2D eigenvalue weighted by atomic mass is 35.7. The second-order valence-electron chi connectivity index (χ2n) is 2.90. The van der Waals surface area contributed by atoms with Crippen LogP contribution in [-0.4, -0.2) is 18.4 Å². The standard InChI is InChI=1S/C8H3Cl3N2O2S/c9-7-1-4-5(2-12-7)8(10)13-3-6(4)16(11,14)15/h1-3H. The number of pyridine rings is 2. The Bertz CT molecular complexity index is 672. The maximum Gasteiger partial charge on any atom is 0.263 e. The molecule has 2 aromatic rings. The van der Waals surface area contributed by atoms with Gasteiger partial charge in [0.2, 0.25) is 0 Å². The van der Waals surface area contributed by atoms with Gasteiger partial charge in [-0.3, -0.25) is 0 Å². The summed E-state index contributed by atoms with van der Waals surface area (Å²) in [5.41, 5.74) is 0. The van der Waals surface area contributed by atoms with Crippen LogP contribution in [0.2, 0.25) is 10.3 Å². The topological polar surface area (TPSA) is 59.9 Å². The third-order valence-corrected chi connectivity index (χ3v) is 3.77. The third kappa shape index (κ3) is 2.08. The van der Waals surface area contributed by atoms with Crippen molar-refractivity contribution in [2.75, 3.05) is 0 Å². The zero-order chi connectivity index (χ0) is 11.9. The molecular weight excluding hydrogens is 295 g/mol. The van der Waals surface area contributed by atoms with Crippen LogP contribution in [0.5, 0.6) is 0 Å². The second kappa shape index (κ2) is 4.00. The van der Waals surface area contributed by atoms with E-state index >= 15 is 0 Å². The van der Waals surface area contributed by atoms with Gasteiger partial charge in [-0.25, -0.2) is 18.4 Å². The first-order valence-corrected chi connectivity index (χ1v) is 7.00. The number of aromatic nitrogens is 2. The monoisotopic (exact) mass is 296 g/mol. The summed E-state index contributed by atoms with van der Waals surface area (Å²) in [5, 5.41) is 0.974. The van der Waals surface area contributed by atoms with Gasteiger partial charge in [0.15, 0.2) is 0 Å². The van der Waals surface area contributed by atoms with Gasteiger partial charge < -0.3 is 0 Å². The number of rotatable bonds is 1. The lowest BCUT2D eigenvalue weighted by Gasteiger charge is -2.04. The summed E-state index contributed by atoms with van der Waals surface area (Å²) in [4.78, 5) is 7.38. The molecule has 0 saturated heterocycles. The summed E-state index contributed by atoms with van der Waals surface area (Å²) >= 11 is 11.5. The zero-order valence-corrected chi connectivity index (χ0v) is 10.6. The fourth-order valence-electron chi connectivity index (χ4n) is 1.25. The minimum absolute atomic E-state index is 0.141. The summed E-state index contributed by atoms with van der Waals surface area (Å²) < 4.78 is 22.6. The van der Waals surface area contributed by atoms with Crippen LogP contribution < -0.4 is 0 Å². The van der Waals surface area contributed by atoms with Crippen LogP contribution in [0.1, 0.15) is 0 Å². The van der Waals surface area contributed by atoms with Crippen molar-refractivity contribution in [3.05, 3.63) is 28.8 Å². The van der Waals surface area contributed by atoms with Crippen LogP contribution in [0.15, 0.2) is 23.4 Å². The highest BCUT2D eigenvalue weighted by Crippen LogP contribution is 2.29. The van der Waals surface area contributed by atoms with Crippen molar-refractivity contribution in [1.29, 1.82) is 0 Å². The first-order valence-electron chi connectivity index (χ1n) is 3.94. The van der Waals surface area contributed by atoms with E-state index in [2.05, 4.69) is 9.97 Å². The zero-order valence-electron chi connectivity index (χ0n) is 7.49. The van der Waals surface area contributed by atoms with Gasteiger partial charge in [-0.05, 0) is 6.07 Å². The van der Waals surface area contributed by atoms with Crippen molar-refractivity contribution in [1.82, 2.24) is 9.97 Å². The molecule has 0 aliphatic carbocycles. The average Bonchev–Trinajstić information content (AvgIpc) is 2.15. The molecule has 8 heteroatoms. The number of nitrogens with zero attached hydrogens (tertiary/aromatic N) is 2. The Morgan fingerprint density at radius 3 is 2.38 bits per heavy atom. The van der Waals surface area contributed by atoms with Gasteiger partial charge in [-0.1, -0.05) is 23.2 Å². The van der Waals surface area contributed by atoms with E-state index < -0.39 is 9.05 Å². The number of hydrogen-bond donors (Lipinski definition) is 0. The molecule has 84 valence electrons. The summed E-state index contributed by atoms with van der Waals surface area (Å²) in [6.07, 6.45) is 2.43. The van der Waals surface area contributed by atoms with Gasteiger partial charge >= 0.3 is 0 Å². The van der Waals surface area contributed by atoms with Crippen molar-refractivity contribution >= 4 is 53.7 Å². The Hall–Kier alpha value is -0.620. The molecule has 0 radical (unpaired) electrons. The fraction of sp³-hybridized carbons (Fsp3) is 0. The Balaban J connectivity index is 2.98. The summed E-state index contributed by atoms with van der Waals surface area (Å²) in [6, 6.07) is 1.37. The molecule has 0 atom stereocenters. The predicted molar refractivity (Wildman–Crippen MR) is 62.6 cm³/mol. The molecule has 0 bridgehead atoms. The summed E-state index contributed by atoms with van der Waals surface area (Å²) in [6.45, 7) is 0. The van der Waals surface area contributed by atoms with Gasteiger partial charge in [-0.2, -0.15) is 0 Å². The van der Waals surface area contributed by atoms with Crippen molar-refractivity contribution < 1.29 is 8.42 Å². The molecule has 0 amide bonds. The van der Waals surface area contributed by atoms with Gasteiger partial charge in [0.1, 0.15) is 15.2 Å². The van der Waals surface area contributed by atoms with Gasteiger partial charge in [0, 0.05) is 33.8 Å². The average molecular weight is 298 g/mol. The molecule has 0 aliphatic rings. The highest BCUT2D eigenvalue weighted by molar-refractivity contribution is 8.14. The molecule has 0 spiro atoms. The van der Waals surface area contributed by atoms with Crippen LogP contribution in [0.25, 0.3) is 10.8 Å². The molecule has 0 unspecified atom stereocenters. The molecule has 0 N–H and O–H groups in total. The minimum Gasteiger partial charge on any atom is -0.244 e. The van der Waals surface area contributed by atoms with Crippen molar-refractivity contribution in [2.45, 2.75) is 4.90 Å². The molecule has 16 heavy (non-hydrogen) atoms. The molecule has 2 rings (SSSR count). The predicted octanol–water partition coefficient (Wildman–Crippen LogP) is 2.86. The smallest absolute Gasteiger partial charge is 0.244 e. The maximum absolute atomic E-state index is 11.3. The maximum atomic E-state index is 11.3. The SMILES string of the molecule is O=S(=O)(Cl)c1cnc(Cl)c2cnc(Cl)cc12. The third-order valence-electron chi connectivity index (χ3n) is 1.92. The molecule has 0 saturated carbocycles. The molecule has 2 heterocycles. The Morgan fingerprint density at radius 2 is 1.75 bits per heavy atom. The van der Waals surface area contributed by atoms with Gasteiger partial charge in [0.25, 0.3) is 9.05 Å². The number of halogens is 3. The lowest BCUT2D eigenvalue weighted by molar-refractivity contribution is 0.610. The molecule has 4 nitrogen and oxygen atoms in total. The van der Waals surface area contributed by atoms with Crippen LogP contribution >= 0.6 is 33.9 Å². The van der Waals surface area contributed by atoms with E-state index in [0.29, 0.717) is 10.8 Å². The van der Waals surface area contributed by atoms with Crippen molar-refractivity contribution in [2.24, 2.45) is 0 Å². The van der Waals surface area contributed by atoms with E-state index in [4.69, 9.17) is 33.9 Å². The molecule has 0 fully saturated rings. The Kier molecular flexibility index (Phi) is 2.96. The van der Waals surface area contributed by atoms with Crippen LogP contribution in [0.3, 0.4) is 0 Å². The van der Waals surface area contributed by atoms with E-state index in [0.717, 1.165) is 6.20 Å². The fourth-order valence-corrected chi connectivity index (χ4v) is 2.58. The number of hydrogen-bond acceptors (Lipinski definition) is 4. The largest absolute Gasteiger partial charge is 0.263 e. The van der Waals surface area contributed by atoms with E-state index in [1.54, 1.807) is 0 Å². The second-order valence-corrected chi connectivity index (χ2v) is 6.18. The lowest BCUT2D eigenvalue weighted by Crippen LogP contribution is -1.95. The van der Waals surface area contributed by atoms with Crippen molar-refractivity contribution in [3.8, 4) is 0 Å². The Morgan fingerprint density at radius 1 is 1.06 bits per heavy atom. The Labute approximate surface area is 106 Å². The molecule has 0 aliphatic heterocycles.